The summed E-state index contributed by atoms with van der Waals surface area (Å²) in [5, 5.41) is 6.11. The van der Waals surface area contributed by atoms with E-state index >= 15 is 0 Å². The number of halogens is 1. The number of carbonyl (C=O) groups excluding carboxylic acids is 2. The van der Waals surface area contributed by atoms with E-state index in [2.05, 4.69) is 15.2 Å². The standard InChI is InChI=1S/C25H27ClN4O3S/c1-2-33-22-9-4-3-8-21(22)25-28-19(17-34-25)15-23(31)27-16-24(32)30-12-10-29(11-13-30)20-7-5-6-18(26)14-20/h3-9,14,17H,2,10-13,15-16H2,1H3,(H,27,31). The van der Waals surface area contributed by atoms with Gasteiger partial charge in [0.25, 0.3) is 0 Å². The van der Waals surface area contributed by atoms with Gasteiger partial charge in [-0.1, -0.05) is 29.8 Å². The smallest absolute Gasteiger partial charge is 0.242 e. The third kappa shape index (κ3) is 6.07. The Morgan fingerprint density at radius 3 is 2.68 bits per heavy atom. The number of aromatic nitrogens is 1. The van der Waals surface area contributed by atoms with Crippen molar-refractivity contribution in [3.63, 3.8) is 0 Å². The van der Waals surface area contributed by atoms with Gasteiger partial charge in [0.2, 0.25) is 11.8 Å². The van der Waals surface area contributed by atoms with Crippen LogP contribution in [0.4, 0.5) is 5.69 Å². The van der Waals surface area contributed by atoms with Crippen molar-refractivity contribution in [2.24, 2.45) is 0 Å². The minimum Gasteiger partial charge on any atom is -0.493 e. The van der Waals surface area contributed by atoms with Crippen LogP contribution in [0.15, 0.2) is 53.9 Å². The molecule has 0 saturated carbocycles. The number of hydrogen-bond acceptors (Lipinski definition) is 6. The minimum atomic E-state index is -0.221. The number of para-hydroxylation sites is 1. The van der Waals surface area contributed by atoms with Gasteiger partial charge in [0.15, 0.2) is 0 Å². The molecule has 1 aliphatic heterocycles. The van der Waals surface area contributed by atoms with E-state index in [1.807, 2.05) is 60.8 Å². The highest BCUT2D eigenvalue weighted by molar-refractivity contribution is 7.13. The molecule has 9 heteroatoms. The lowest BCUT2D eigenvalue weighted by Crippen LogP contribution is -2.51. The molecule has 0 aliphatic carbocycles. The van der Waals surface area contributed by atoms with Crippen molar-refractivity contribution in [2.75, 3.05) is 44.2 Å². The predicted octanol–water partition coefficient (Wildman–Crippen LogP) is 3.87. The van der Waals surface area contributed by atoms with Crippen LogP contribution in [-0.4, -0.2) is 61.0 Å². The van der Waals surface area contributed by atoms with Crippen molar-refractivity contribution in [3.05, 3.63) is 64.6 Å². The Hall–Kier alpha value is -3.10. The highest BCUT2D eigenvalue weighted by atomic mass is 35.5. The summed E-state index contributed by atoms with van der Waals surface area (Å²) >= 11 is 7.56. The first-order valence-electron chi connectivity index (χ1n) is 11.2. The molecule has 7 nitrogen and oxygen atoms in total. The highest BCUT2D eigenvalue weighted by Crippen LogP contribution is 2.32. The molecule has 0 atom stereocenters. The number of nitrogens with one attached hydrogen (secondary N) is 1. The number of rotatable bonds is 8. The normalized spacial score (nSPS) is 13.6. The molecular weight excluding hydrogens is 472 g/mol. The third-order valence-electron chi connectivity index (χ3n) is 5.55. The van der Waals surface area contributed by atoms with E-state index < -0.39 is 0 Å². The lowest BCUT2D eigenvalue weighted by Gasteiger charge is -2.36. The maximum atomic E-state index is 12.6. The first-order chi connectivity index (χ1) is 16.5. The van der Waals surface area contributed by atoms with Gasteiger partial charge < -0.3 is 19.9 Å². The Labute approximate surface area is 208 Å². The van der Waals surface area contributed by atoms with Gasteiger partial charge in [0.05, 0.1) is 30.8 Å². The van der Waals surface area contributed by atoms with Crippen LogP contribution < -0.4 is 15.0 Å². The van der Waals surface area contributed by atoms with Crippen molar-refractivity contribution < 1.29 is 14.3 Å². The van der Waals surface area contributed by atoms with E-state index in [-0.39, 0.29) is 24.8 Å². The fraction of sp³-hybridized carbons (Fsp3) is 0.320. The van der Waals surface area contributed by atoms with Crippen LogP contribution in [-0.2, 0) is 16.0 Å². The van der Waals surface area contributed by atoms with Gasteiger partial charge in [-0.2, -0.15) is 0 Å². The topological polar surface area (TPSA) is 74.8 Å². The van der Waals surface area contributed by atoms with E-state index in [1.54, 1.807) is 4.90 Å². The number of anilines is 1. The molecule has 1 saturated heterocycles. The van der Waals surface area contributed by atoms with Gasteiger partial charge >= 0.3 is 0 Å². The zero-order valence-electron chi connectivity index (χ0n) is 19.0. The zero-order valence-corrected chi connectivity index (χ0v) is 20.6. The average molecular weight is 499 g/mol. The number of carbonyl (C=O) groups is 2. The summed E-state index contributed by atoms with van der Waals surface area (Å²) in [7, 11) is 0. The first kappa shape index (κ1) is 24.0. The second-order valence-corrected chi connectivity index (χ2v) is 9.17. The SMILES string of the molecule is CCOc1ccccc1-c1nc(CC(=O)NCC(=O)N2CCN(c3cccc(Cl)c3)CC2)cs1. The van der Waals surface area contributed by atoms with Crippen molar-refractivity contribution >= 4 is 40.4 Å². The second kappa shape index (κ2) is 11.4. The Morgan fingerprint density at radius 2 is 1.91 bits per heavy atom. The zero-order chi connectivity index (χ0) is 23.9. The number of hydrogen-bond donors (Lipinski definition) is 1. The summed E-state index contributed by atoms with van der Waals surface area (Å²) in [5.41, 5.74) is 2.64. The molecule has 0 radical (unpaired) electrons. The molecule has 0 unspecified atom stereocenters. The molecule has 2 amide bonds. The van der Waals surface area contributed by atoms with E-state index in [0.717, 1.165) is 35.1 Å². The summed E-state index contributed by atoms with van der Waals surface area (Å²) in [4.78, 5) is 33.6. The summed E-state index contributed by atoms with van der Waals surface area (Å²) in [5.74, 6) is 0.473. The molecule has 1 N–H and O–H groups in total. The summed E-state index contributed by atoms with van der Waals surface area (Å²) in [6.45, 7) is 5.16. The lowest BCUT2D eigenvalue weighted by atomic mass is 10.2. The van der Waals surface area contributed by atoms with Crippen LogP contribution in [0.25, 0.3) is 10.6 Å². The number of piperazine rings is 1. The van der Waals surface area contributed by atoms with Crippen molar-refractivity contribution in [1.82, 2.24) is 15.2 Å². The number of ether oxygens (including phenoxy) is 1. The molecule has 0 spiro atoms. The maximum absolute atomic E-state index is 12.6. The van der Waals surface area contributed by atoms with Gasteiger partial charge in [-0.25, -0.2) is 4.98 Å². The summed E-state index contributed by atoms with van der Waals surface area (Å²) in [6.07, 6.45) is 0.128. The Kier molecular flexibility index (Phi) is 8.03. The number of thiazole rings is 1. The fourth-order valence-electron chi connectivity index (χ4n) is 3.84. The van der Waals surface area contributed by atoms with E-state index in [1.165, 1.54) is 11.3 Å². The van der Waals surface area contributed by atoms with Crippen molar-refractivity contribution in [3.8, 4) is 16.3 Å². The largest absolute Gasteiger partial charge is 0.493 e. The van der Waals surface area contributed by atoms with Crippen LogP contribution in [0, 0.1) is 0 Å². The quantitative estimate of drug-likeness (QED) is 0.510. The molecule has 3 aromatic rings. The van der Waals surface area contributed by atoms with E-state index in [0.29, 0.717) is 30.4 Å². The molecule has 1 aliphatic rings. The summed E-state index contributed by atoms with van der Waals surface area (Å²) in [6, 6.07) is 15.4. The fourth-order valence-corrected chi connectivity index (χ4v) is 4.87. The average Bonchev–Trinajstić information content (AvgIpc) is 3.31. The molecule has 1 aromatic heterocycles. The highest BCUT2D eigenvalue weighted by Gasteiger charge is 2.22. The number of nitrogens with zero attached hydrogens (tertiary/aromatic N) is 3. The number of amides is 2. The second-order valence-electron chi connectivity index (χ2n) is 7.87. The minimum absolute atomic E-state index is 0.0137. The molecule has 2 aromatic carbocycles. The molecule has 4 rings (SSSR count). The number of benzene rings is 2. The molecule has 34 heavy (non-hydrogen) atoms. The van der Waals surface area contributed by atoms with Gasteiger partial charge in [-0.3, -0.25) is 9.59 Å². The monoisotopic (exact) mass is 498 g/mol. The third-order valence-corrected chi connectivity index (χ3v) is 6.71. The van der Waals surface area contributed by atoms with E-state index in [4.69, 9.17) is 16.3 Å². The molecule has 2 heterocycles. The Bertz CT molecular complexity index is 1140. The first-order valence-corrected chi connectivity index (χ1v) is 12.5. The lowest BCUT2D eigenvalue weighted by molar-refractivity contribution is -0.133. The Balaban J connectivity index is 1.24. The van der Waals surface area contributed by atoms with Crippen LogP contribution in [0.5, 0.6) is 5.75 Å². The van der Waals surface area contributed by atoms with Gasteiger partial charge in [-0.05, 0) is 37.3 Å². The summed E-state index contributed by atoms with van der Waals surface area (Å²) < 4.78 is 5.68. The predicted molar refractivity (Wildman–Crippen MR) is 136 cm³/mol. The van der Waals surface area contributed by atoms with E-state index in [9.17, 15) is 9.59 Å². The maximum Gasteiger partial charge on any atom is 0.242 e. The van der Waals surface area contributed by atoms with Crippen molar-refractivity contribution in [2.45, 2.75) is 13.3 Å². The van der Waals surface area contributed by atoms with Crippen LogP contribution in [0.2, 0.25) is 5.02 Å². The van der Waals surface area contributed by atoms with Gasteiger partial charge in [0.1, 0.15) is 10.8 Å². The van der Waals surface area contributed by atoms with Gasteiger partial charge in [0, 0.05) is 42.3 Å². The van der Waals surface area contributed by atoms with Gasteiger partial charge in [-0.15, -0.1) is 11.3 Å². The molecule has 178 valence electrons. The Morgan fingerprint density at radius 1 is 1.12 bits per heavy atom. The van der Waals surface area contributed by atoms with Crippen LogP contribution in [0.1, 0.15) is 12.6 Å². The molecule has 1 fully saturated rings. The van der Waals surface area contributed by atoms with Crippen molar-refractivity contribution in [1.29, 1.82) is 0 Å². The molecular formula is C25H27ClN4O3S. The van der Waals surface area contributed by atoms with Crippen LogP contribution in [0.3, 0.4) is 0 Å². The van der Waals surface area contributed by atoms with Crippen LogP contribution >= 0.6 is 22.9 Å². The molecule has 0 bridgehead atoms.